The number of sulfone groups is 1. The lowest BCUT2D eigenvalue weighted by molar-refractivity contribution is -0.144. The number of carbonyl (C=O) groups is 1. The number of carbonyl (C=O) groups excluding carboxylic acids is 1. The number of methoxy groups -OCH3 is 1. The molecule has 0 radical (unpaired) electrons. The molecule has 7 rings (SSSR count). The van der Waals surface area contributed by atoms with Gasteiger partial charge in [-0.1, -0.05) is 51.0 Å². The number of rotatable bonds is 6. The third-order valence-electron chi connectivity index (χ3n) is 11.7. The number of aryl methyl sites for hydroxylation is 3. The Balaban J connectivity index is 1.39. The maximum atomic E-state index is 16.7. The first-order valence-corrected chi connectivity index (χ1v) is 24.6. The molecule has 3 aromatic carbocycles. The summed E-state index contributed by atoms with van der Waals surface area (Å²) in [5, 5.41) is 4.99. The van der Waals surface area contributed by atoms with Gasteiger partial charge in [0, 0.05) is 41.7 Å². The molecule has 0 saturated carbocycles. The quantitative estimate of drug-likeness (QED) is 0.152. The van der Waals surface area contributed by atoms with Gasteiger partial charge in [-0.3, -0.25) is 9.78 Å². The Kier molecular flexibility index (Phi) is 12.2. The van der Waals surface area contributed by atoms with Crippen molar-refractivity contribution in [2.75, 3.05) is 18.6 Å². The molecule has 4 bridgehead atoms. The van der Waals surface area contributed by atoms with Gasteiger partial charge >= 0.3 is 5.97 Å². The number of benzene rings is 3. The molecule has 17 heteroatoms. The zero-order valence-electron chi connectivity index (χ0n) is 35.6. The van der Waals surface area contributed by atoms with Gasteiger partial charge in [-0.25, -0.2) is 43.5 Å². The van der Waals surface area contributed by atoms with Crippen molar-refractivity contribution in [3.8, 4) is 11.4 Å². The first kappa shape index (κ1) is 44.9. The van der Waals surface area contributed by atoms with Crippen LogP contribution in [0.25, 0.3) is 22.3 Å². The minimum atomic E-state index is -4.23. The van der Waals surface area contributed by atoms with Crippen LogP contribution in [0.5, 0.6) is 0 Å². The zero-order chi connectivity index (χ0) is 44.9. The molecule has 1 aliphatic rings. The van der Waals surface area contributed by atoms with Gasteiger partial charge in [0.1, 0.15) is 11.6 Å². The van der Waals surface area contributed by atoms with Crippen molar-refractivity contribution in [3.63, 3.8) is 0 Å². The Labute approximate surface area is 363 Å². The molecule has 0 saturated heterocycles. The van der Waals surface area contributed by atoms with Crippen molar-refractivity contribution in [1.29, 1.82) is 0 Å². The van der Waals surface area contributed by atoms with E-state index in [4.69, 9.17) is 19.8 Å². The van der Waals surface area contributed by atoms with Gasteiger partial charge in [0.2, 0.25) is 0 Å². The lowest BCUT2D eigenvalue weighted by Gasteiger charge is -2.30. The molecule has 0 N–H and O–H groups in total. The van der Waals surface area contributed by atoms with Crippen LogP contribution in [0.1, 0.15) is 75.3 Å². The molecule has 6 aromatic rings. The van der Waals surface area contributed by atoms with Crippen molar-refractivity contribution >= 4 is 47.5 Å². The minimum Gasteiger partial charge on any atom is -0.469 e. The van der Waals surface area contributed by atoms with Crippen LogP contribution in [0.2, 0.25) is 0 Å². The van der Waals surface area contributed by atoms with Crippen LogP contribution in [0.4, 0.5) is 8.78 Å². The predicted octanol–water partition coefficient (Wildman–Crippen LogP) is 7.65. The Bertz CT molecular complexity index is 2970. The topological polar surface area (TPSA) is 160 Å². The third kappa shape index (κ3) is 8.75. The average molecular weight is 906 g/mol. The molecule has 4 heterocycles. The van der Waals surface area contributed by atoms with Crippen LogP contribution in [0, 0.1) is 29.9 Å². The Morgan fingerprint density at radius 2 is 1.71 bits per heavy atom. The summed E-state index contributed by atoms with van der Waals surface area (Å²) in [6, 6.07) is 17.8. The van der Waals surface area contributed by atoms with Gasteiger partial charge in [0.25, 0.3) is 10.0 Å². The van der Waals surface area contributed by atoms with E-state index in [-0.39, 0.29) is 60.7 Å². The summed E-state index contributed by atoms with van der Waals surface area (Å²) in [4.78, 5) is 21.7. The highest BCUT2D eigenvalue weighted by atomic mass is 32.2. The lowest BCUT2D eigenvalue weighted by atomic mass is 9.78. The number of halogens is 2. The van der Waals surface area contributed by atoms with Gasteiger partial charge in [-0.15, -0.1) is 0 Å². The van der Waals surface area contributed by atoms with Crippen LogP contribution >= 0.6 is 0 Å². The van der Waals surface area contributed by atoms with Crippen LogP contribution in [-0.4, -0.2) is 69.4 Å². The molecule has 0 fully saturated rings. The van der Waals surface area contributed by atoms with Crippen molar-refractivity contribution in [3.05, 3.63) is 119 Å². The molecule has 1 aliphatic heterocycles. The molecular weight excluding hydrogens is 857 g/mol. The maximum absolute atomic E-state index is 16.7. The highest BCUT2D eigenvalue weighted by molar-refractivity contribution is 7.91. The van der Waals surface area contributed by atoms with Gasteiger partial charge < -0.3 is 4.74 Å². The van der Waals surface area contributed by atoms with E-state index in [0.717, 1.165) is 21.7 Å². The molecule has 3 atom stereocenters. The molecule has 0 aliphatic carbocycles. The Morgan fingerprint density at radius 3 is 2.42 bits per heavy atom. The van der Waals surface area contributed by atoms with Gasteiger partial charge in [-0.05, 0) is 92.6 Å². The molecule has 0 spiro atoms. The number of fused-ring (bicyclic) bond motifs is 8. The van der Waals surface area contributed by atoms with Crippen LogP contribution in [0.15, 0.2) is 93.7 Å². The van der Waals surface area contributed by atoms with Crippen molar-refractivity contribution in [1.82, 2.24) is 23.7 Å². The molecule has 62 heavy (non-hydrogen) atoms. The van der Waals surface area contributed by atoms with E-state index in [0.29, 0.717) is 42.9 Å². The van der Waals surface area contributed by atoms with E-state index in [1.165, 1.54) is 48.3 Å². The van der Waals surface area contributed by atoms with Crippen molar-refractivity contribution in [2.24, 2.45) is 18.4 Å². The van der Waals surface area contributed by atoms with Crippen molar-refractivity contribution in [2.45, 2.75) is 86.8 Å². The summed E-state index contributed by atoms with van der Waals surface area (Å²) < 4.78 is 110. The summed E-state index contributed by atoms with van der Waals surface area (Å²) in [7, 11) is -7.51. The first-order chi connectivity index (χ1) is 29.1. The largest absolute Gasteiger partial charge is 0.469 e. The van der Waals surface area contributed by atoms with Crippen molar-refractivity contribution < 1.29 is 39.4 Å². The number of ether oxygens (including phenoxy) is 1. The molecule has 3 aromatic heterocycles. The maximum Gasteiger partial charge on any atom is 0.308 e. The van der Waals surface area contributed by atoms with Gasteiger partial charge in [0.15, 0.2) is 21.5 Å². The van der Waals surface area contributed by atoms with Gasteiger partial charge in [-0.2, -0.15) is 5.10 Å². The second-order valence-electron chi connectivity index (χ2n) is 17.2. The first-order valence-electron chi connectivity index (χ1n) is 20.2. The number of hydrogen-bond acceptors (Lipinski definition) is 10. The molecular formula is C45H49F2N5O7S3. The summed E-state index contributed by atoms with van der Waals surface area (Å²) in [6.07, 6.45) is 2.69. The number of nitrogens with zero attached hydrogens (tertiary/aromatic N) is 5. The minimum absolute atomic E-state index is 0.000813. The Hall–Kier alpha value is -5.13. The van der Waals surface area contributed by atoms with Gasteiger partial charge in [0.05, 0.1) is 67.3 Å². The second kappa shape index (κ2) is 16.9. The third-order valence-corrected chi connectivity index (χ3v) is 16.9. The molecule has 12 nitrogen and oxygen atoms in total. The van der Waals surface area contributed by atoms with E-state index in [9.17, 15) is 25.8 Å². The smallest absolute Gasteiger partial charge is 0.308 e. The number of pyridine rings is 1. The standard InChI is InChI=1S/C45H49F2N5O7S3/c1-28-12-15-32(16-13-28)62(57,58)52-22-18-33-34-19-23-61(55,56)27-44(3,4)20-9-21-45(5,39-11-8-10-30(48-39)24-29(2)42(53)59-7)43-49-41(51(6)50-43)35-25-31(14-17-36(35)46)60(54)40(34)37(47)26-38(33)52/h8,10-18,22,25-26,29H,9,19-21,23-24,27H2,1-7H3/t29-,45?,60?/m1/s1. The van der Waals surface area contributed by atoms with E-state index < -0.39 is 64.8 Å². The highest BCUT2D eigenvalue weighted by Crippen LogP contribution is 2.40. The SMILES string of the molecule is COC(=O)[C@H](C)Cc1cccc(C2(C)CCCC(C)(C)CS(=O)(=O)CCc3c(c(F)cc4c3ccn4S(=O)(=O)c3ccc(C)cc3)S(=O)c3ccc(F)c(c3)-c3nc2nn3C)n1. The lowest BCUT2D eigenvalue weighted by Crippen LogP contribution is -2.30. The fourth-order valence-corrected chi connectivity index (χ4v) is 12.9. The van der Waals surface area contributed by atoms with Crippen LogP contribution in [0.3, 0.4) is 0 Å². The normalized spacial score (nSPS) is 19.9. The van der Waals surface area contributed by atoms with E-state index in [1.54, 1.807) is 26.1 Å². The highest BCUT2D eigenvalue weighted by Gasteiger charge is 2.38. The zero-order valence-corrected chi connectivity index (χ0v) is 38.1. The van der Waals surface area contributed by atoms with Crippen LogP contribution < -0.4 is 0 Å². The fourth-order valence-electron chi connectivity index (χ4n) is 8.29. The fraction of sp³-hybridized carbons (Fsp3) is 0.378. The summed E-state index contributed by atoms with van der Waals surface area (Å²) in [5.74, 6) is -2.80. The monoisotopic (exact) mass is 905 g/mol. The number of aromatic nitrogens is 5. The summed E-state index contributed by atoms with van der Waals surface area (Å²) in [5.41, 5.74) is 0.313. The van der Waals surface area contributed by atoms with E-state index >= 15 is 8.78 Å². The predicted molar refractivity (Wildman–Crippen MR) is 232 cm³/mol. The summed E-state index contributed by atoms with van der Waals surface area (Å²) in [6.45, 7) is 9.20. The average Bonchev–Trinajstić information content (AvgIpc) is 3.83. The number of hydrogen-bond donors (Lipinski definition) is 0. The Morgan fingerprint density at radius 1 is 0.984 bits per heavy atom. The van der Waals surface area contributed by atoms with E-state index in [2.05, 4.69) is 0 Å². The second-order valence-corrected chi connectivity index (χ2v) is 22.6. The summed E-state index contributed by atoms with van der Waals surface area (Å²) >= 11 is 0. The van der Waals surface area contributed by atoms with E-state index in [1.807, 2.05) is 45.9 Å². The number of esters is 1. The molecule has 2 unspecified atom stereocenters. The van der Waals surface area contributed by atoms with Crippen LogP contribution in [-0.2, 0) is 65.5 Å². The molecule has 0 amide bonds. The molecule has 328 valence electrons.